The van der Waals surface area contributed by atoms with Crippen molar-refractivity contribution in [3.05, 3.63) is 23.8 Å². The van der Waals surface area contributed by atoms with Crippen LogP contribution in [0.15, 0.2) is 18.2 Å². The van der Waals surface area contributed by atoms with E-state index in [1.54, 1.807) is 6.07 Å². The molecule has 1 aromatic rings. The topological polar surface area (TPSA) is 70.2 Å². The highest BCUT2D eigenvalue weighted by atomic mass is 16.2. The van der Waals surface area contributed by atoms with E-state index in [4.69, 9.17) is 0 Å². The lowest BCUT2D eigenvalue weighted by Crippen LogP contribution is -2.30. The van der Waals surface area contributed by atoms with Crippen molar-refractivity contribution in [2.45, 2.75) is 33.1 Å². The van der Waals surface area contributed by atoms with E-state index in [2.05, 4.69) is 16.0 Å². The van der Waals surface area contributed by atoms with Crippen LogP contribution in [0.5, 0.6) is 0 Å². The Morgan fingerprint density at radius 1 is 1.24 bits per heavy atom. The molecule has 1 aliphatic heterocycles. The second-order valence-electron chi connectivity index (χ2n) is 5.66. The molecule has 21 heavy (non-hydrogen) atoms. The monoisotopic (exact) mass is 289 g/mol. The molecule has 3 N–H and O–H groups in total. The highest BCUT2D eigenvalue weighted by Gasteiger charge is 2.17. The Balaban J connectivity index is 1.95. The number of rotatable bonds is 4. The van der Waals surface area contributed by atoms with Crippen molar-refractivity contribution in [2.75, 3.05) is 23.7 Å². The van der Waals surface area contributed by atoms with Crippen LogP contribution in [0.3, 0.4) is 0 Å². The number of carbonyl (C=O) groups excluding carboxylic acids is 2. The van der Waals surface area contributed by atoms with Crippen LogP contribution in [0.25, 0.3) is 0 Å². The van der Waals surface area contributed by atoms with Gasteiger partial charge in [-0.15, -0.1) is 0 Å². The van der Waals surface area contributed by atoms with E-state index in [1.165, 1.54) is 6.92 Å². The van der Waals surface area contributed by atoms with E-state index in [0.29, 0.717) is 12.3 Å². The minimum Gasteiger partial charge on any atom is -0.326 e. The molecule has 0 radical (unpaired) electrons. The van der Waals surface area contributed by atoms with Crippen LogP contribution in [-0.2, 0) is 9.59 Å². The predicted molar refractivity (Wildman–Crippen MR) is 84.3 cm³/mol. The van der Waals surface area contributed by atoms with Crippen molar-refractivity contribution in [3.8, 4) is 0 Å². The molecule has 5 heteroatoms. The number of hydrogen-bond donors (Lipinski definition) is 3. The summed E-state index contributed by atoms with van der Waals surface area (Å²) in [5, 5.41) is 8.99. The summed E-state index contributed by atoms with van der Waals surface area (Å²) in [5.74, 6) is 0.391. The van der Waals surface area contributed by atoms with Crippen LogP contribution < -0.4 is 16.0 Å². The SMILES string of the molecule is CC(=O)Nc1cc(NC(=O)CC2CCNCC2)ccc1C. The molecule has 0 bridgehead atoms. The summed E-state index contributed by atoms with van der Waals surface area (Å²) >= 11 is 0. The summed E-state index contributed by atoms with van der Waals surface area (Å²) in [7, 11) is 0. The lowest BCUT2D eigenvalue weighted by atomic mass is 9.94. The maximum absolute atomic E-state index is 12.1. The molecule has 114 valence electrons. The summed E-state index contributed by atoms with van der Waals surface area (Å²) < 4.78 is 0. The van der Waals surface area contributed by atoms with Crippen molar-refractivity contribution in [3.63, 3.8) is 0 Å². The van der Waals surface area contributed by atoms with Crippen molar-refractivity contribution in [1.82, 2.24) is 5.32 Å². The maximum Gasteiger partial charge on any atom is 0.224 e. The average molecular weight is 289 g/mol. The Kier molecular flexibility index (Phi) is 5.33. The number of aryl methyl sites for hydroxylation is 1. The molecule has 2 amide bonds. The standard InChI is InChI=1S/C16H23N3O2/c1-11-3-4-14(10-15(11)18-12(2)20)19-16(21)9-13-5-7-17-8-6-13/h3-4,10,13,17H,5-9H2,1-2H3,(H,18,20)(H,19,21). The smallest absolute Gasteiger partial charge is 0.224 e. The third-order valence-electron chi connectivity index (χ3n) is 3.76. The molecular formula is C16H23N3O2. The number of carbonyl (C=O) groups is 2. The van der Waals surface area contributed by atoms with E-state index in [0.717, 1.165) is 42.9 Å². The zero-order chi connectivity index (χ0) is 15.2. The molecule has 0 saturated carbocycles. The molecule has 1 heterocycles. The highest BCUT2D eigenvalue weighted by Crippen LogP contribution is 2.22. The third-order valence-corrected chi connectivity index (χ3v) is 3.76. The first-order chi connectivity index (χ1) is 10.0. The summed E-state index contributed by atoms with van der Waals surface area (Å²) in [6.45, 7) is 5.39. The van der Waals surface area contributed by atoms with Crippen molar-refractivity contribution < 1.29 is 9.59 Å². The quantitative estimate of drug-likeness (QED) is 0.796. The number of nitrogens with one attached hydrogen (secondary N) is 3. The fraction of sp³-hybridized carbons (Fsp3) is 0.500. The van der Waals surface area contributed by atoms with E-state index >= 15 is 0 Å². The van der Waals surface area contributed by atoms with Crippen LogP contribution in [0.1, 0.15) is 31.7 Å². The van der Waals surface area contributed by atoms with Crippen LogP contribution >= 0.6 is 0 Å². The number of hydrogen-bond acceptors (Lipinski definition) is 3. The van der Waals surface area contributed by atoms with Gasteiger partial charge in [0.05, 0.1) is 0 Å². The third kappa shape index (κ3) is 4.86. The summed E-state index contributed by atoms with van der Waals surface area (Å²) in [6.07, 6.45) is 2.67. The summed E-state index contributed by atoms with van der Waals surface area (Å²) in [4.78, 5) is 23.2. The van der Waals surface area contributed by atoms with Gasteiger partial charge in [0, 0.05) is 24.7 Å². The molecule has 1 saturated heterocycles. The summed E-state index contributed by atoms with van der Waals surface area (Å²) in [5.41, 5.74) is 2.44. The van der Waals surface area contributed by atoms with Gasteiger partial charge in [0.1, 0.15) is 0 Å². The molecule has 0 aliphatic carbocycles. The lowest BCUT2D eigenvalue weighted by molar-refractivity contribution is -0.117. The zero-order valence-corrected chi connectivity index (χ0v) is 12.7. The Bertz CT molecular complexity index is 522. The molecule has 1 aliphatic rings. The number of anilines is 2. The average Bonchev–Trinajstić information content (AvgIpc) is 2.43. The molecule has 2 rings (SSSR count). The van der Waals surface area contributed by atoms with Crippen LogP contribution in [0.2, 0.25) is 0 Å². The molecule has 1 fully saturated rings. The van der Waals surface area contributed by atoms with Gasteiger partial charge < -0.3 is 16.0 Å². The normalized spacial score (nSPS) is 15.5. The molecular weight excluding hydrogens is 266 g/mol. The Labute approximate surface area is 125 Å². The van der Waals surface area contributed by atoms with Gasteiger partial charge in [0.25, 0.3) is 0 Å². The maximum atomic E-state index is 12.1. The lowest BCUT2D eigenvalue weighted by Gasteiger charge is -2.22. The van der Waals surface area contributed by atoms with E-state index < -0.39 is 0 Å². The number of benzene rings is 1. The van der Waals surface area contributed by atoms with Crippen LogP contribution in [0, 0.1) is 12.8 Å². The van der Waals surface area contributed by atoms with Gasteiger partial charge in [0.15, 0.2) is 0 Å². The van der Waals surface area contributed by atoms with Crippen molar-refractivity contribution >= 4 is 23.2 Å². The van der Waals surface area contributed by atoms with E-state index in [9.17, 15) is 9.59 Å². The first-order valence-electron chi connectivity index (χ1n) is 7.43. The second kappa shape index (κ2) is 7.22. The summed E-state index contributed by atoms with van der Waals surface area (Å²) in [6, 6.07) is 5.56. The second-order valence-corrected chi connectivity index (χ2v) is 5.66. The first kappa shape index (κ1) is 15.5. The molecule has 0 spiro atoms. The van der Waals surface area contributed by atoms with Crippen LogP contribution in [-0.4, -0.2) is 24.9 Å². The molecule has 0 atom stereocenters. The Morgan fingerprint density at radius 2 is 1.95 bits per heavy atom. The zero-order valence-electron chi connectivity index (χ0n) is 12.7. The van der Waals surface area contributed by atoms with Gasteiger partial charge >= 0.3 is 0 Å². The van der Waals surface area contributed by atoms with Gasteiger partial charge in [-0.05, 0) is 56.5 Å². The van der Waals surface area contributed by atoms with E-state index in [1.807, 2.05) is 19.1 Å². The minimum absolute atomic E-state index is 0.0412. The fourth-order valence-corrected chi connectivity index (χ4v) is 2.58. The van der Waals surface area contributed by atoms with Gasteiger partial charge in [-0.2, -0.15) is 0 Å². The molecule has 5 nitrogen and oxygen atoms in total. The van der Waals surface area contributed by atoms with Crippen molar-refractivity contribution in [2.24, 2.45) is 5.92 Å². The van der Waals surface area contributed by atoms with E-state index in [-0.39, 0.29) is 11.8 Å². The first-order valence-corrected chi connectivity index (χ1v) is 7.43. The van der Waals surface area contributed by atoms with Crippen LogP contribution in [0.4, 0.5) is 11.4 Å². The highest BCUT2D eigenvalue weighted by molar-refractivity contribution is 5.94. The predicted octanol–water partition coefficient (Wildman–Crippen LogP) is 2.28. The Morgan fingerprint density at radius 3 is 2.62 bits per heavy atom. The van der Waals surface area contributed by atoms with Gasteiger partial charge in [-0.1, -0.05) is 6.07 Å². The minimum atomic E-state index is -0.115. The van der Waals surface area contributed by atoms with Gasteiger partial charge in [0.2, 0.25) is 11.8 Å². The number of amides is 2. The van der Waals surface area contributed by atoms with Gasteiger partial charge in [-0.3, -0.25) is 9.59 Å². The molecule has 0 aromatic heterocycles. The van der Waals surface area contributed by atoms with Gasteiger partial charge in [-0.25, -0.2) is 0 Å². The largest absolute Gasteiger partial charge is 0.326 e. The fourth-order valence-electron chi connectivity index (χ4n) is 2.58. The Hall–Kier alpha value is -1.88. The van der Waals surface area contributed by atoms with Crippen molar-refractivity contribution in [1.29, 1.82) is 0 Å². The number of piperidine rings is 1. The molecule has 0 unspecified atom stereocenters. The molecule has 1 aromatic carbocycles.